The third kappa shape index (κ3) is 1.85. The second-order valence-electron chi connectivity index (χ2n) is 3.29. The van der Waals surface area contributed by atoms with Crippen molar-refractivity contribution in [3.05, 3.63) is 29.8 Å². The summed E-state index contributed by atoms with van der Waals surface area (Å²) in [5.41, 5.74) is 5.63. The minimum absolute atomic E-state index is 0.220. The molecule has 1 aromatic carbocycles. The number of amides is 1. The van der Waals surface area contributed by atoms with E-state index in [4.69, 9.17) is 10.5 Å². The van der Waals surface area contributed by atoms with Crippen LogP contribution in [0.5, 0.6) is 5.75 Å². The van der Waals surface area contributed by atoms with Crippen molar-refractivity contribution in [2.24, 2.45) is 5.73 Å². The van der Waals surface area contributed by atoms with Crippen LogP contribution in [0.3, 0.4) is 0 Å². The highest BCUT2D eigenvalue weighted by atomic mass is 16.5. The molecule has 1 saturated heterocycles. The molecule has 0 spiro atoms. The maximum atomic E-state index is 10.9. The number of rotatable bonds is 3. The summed E-state index contributed by atoms with van der Waals surface area (Å²) in [7, 11) is 0. The van der Waals surface area contributed by atoms with Crippen molar-refractivity contribution in [3.63, 3.8) is 0 Å². The normalized spacial score (nSPS) is 16.0. The highest BCUT2D eigenvalue weighted by Crippen LogP contribution is 2.15. The number of ether oxygens (including phenoxy) is 1. The van der Waals surface area contributed by atoms with Crippen molar-refractivity contribution in [1.82, 2.24) is 5.32 Å². The average Bonchev–Trinajstić information content (AvgIpc) is 2.12. The zero-order valence-electron chi connectivity index (χ0n) is 7.69. The van der Waals surface area contributed by atoms with Gasteiger partial charge in [-0.3, -0.25) is 4.79 Å². The number of hydrogen-bond acceptors (Lipinski definition) is 3. The maximum absolute atomic E-state index is 10.9. The molecule has 0 unspecified atom stereocenters. The first-order valence-corrected chi connectivity index (χ1v) is 4.53. The number of carbonyl (C=O) groups is 1. The number of nitrogens with one attached hydrogen (secondary N) is 1. The minimum Gasteiger partial charge on any atom is -0.488 e. The largest absolute Gasteiger partial charge is 0.488 e. The molecule has 1 aliphatic heterocycles. The highest BCUT2D eigenvalue weighted by molar-refractivity contribution is 5.93. The van der Waals surface area contributed by atoms with E-state index in [2.05, 4.69) is 5.32 Å². The predicted molar refractivity (Wildman–Crippen MR) is 52.2 cm³/mol. The van der Waals surface area contributed by atoms with Crippen molar-refractivity contribution >= 4 is 5.91 Å². The van der Waals surface area contributed by atoms with Gasteiger partial charge >= 0.3 is 0 Å². The molecule has 0 atom stereocenters. The zero-order valence-corrected chi connectivity index (χ0v) is 7.69. The number of primary amides is 1. The van der Waals surface area contributed by atoms with E-state index in [1.165, 1.54) is 0 Å². The quantitative estimate of drug-likeness (QED) is 0.715. The second-order valence-corrected chi connectivity index (χ2v) is 3.29. The summed E-state index contributed by atoms with van der Waals surface area (Å²) >= 11 is 0. The van der Waals surface area contributed by atoms with Gasteiger partial charge in [-0.1, -0.05) is 6.07 Å². The lowest BCUT2D eigenvalue weighted by molar-refractivity contribution is 0.0998. The van der Waals surface area contributed by atoms with Crippen LogP contribution in [0.25, 0.3) is 0 Å². The molecule has 0 aromatic heterocycles. The highest BCUT2D eigenvalue weighted by Gasteiger charge is 2.18. The van der Waals surface area contributed by atoms with Crippen LogP contribution in [0.1, 0.15) is 10.4 Å². The lowest BCUT2D eigenvalue weighted by atomic mass is 10.2. The Balaban J connectivity index is 2.09. The van der Waals surface area contributed by atoms with Gasteiger partial charge < -0.3 is 15.8 Å². The van der Waals surface area contributed by atoms with Crippen LogP contribution in [0.15, 0.2) is 24.3 Å². The number of hydrogen-bond donors (Lipinski definition) is 2. The van der Waals surface area contributed by atoms with Gasteiger partial charge in [-0.05, 0) is 18.2 Å². The molecule has 4 heteroatoms. The fourth-order valence-corrected chi connectivity index (χ4v) is 1.26. The predicted octanol–water partition coefficient (Wildman–Crippen LogP) is 0.136. The van der Waals surface area contributed by atoms with Crippen LogP contribution in [-0.4, -0.2) is 25.1 Å². The molecule has 1 aromatic rings. The van der Waals surface area contributed by atoms with Gasteiger partial charge in [-0.25, -0.2) is 0 Å². The van der Waals surface area contributed by atoms with Gasteiger partial charge in [-0.2, -0.15) is 0 Å². The van der Waals surface area contributed by atoms with E-state index in [1.54, 1.807) is 18.2 Å². The van der Waals surface area contributed by atoms with Crippen LogP contribution in [-0.2, 0) is 0 Å². The molecule has 0 radical (unpaired) electrons. The molecular formula is C10H12N2O2. The standard InChI is InChI=1S/C10H12N2O2/c11-10(13)7-2-1-3-8(4-7)14-9-5-12-6-9/h1-4,9,12H,5-6H2,(H2,11,13). The summed E-state index contributed by atoms with van der Waals surface area (Å²) in [6.07, 6.45) is 0.220. The number of nitrogens with two attached hydrogens (primary N) is 1. The molecular weight excluding hydrogens is 180 g/mol. The molecule has 4 nitrogen and oxygen atoms in total. The minimum atomic E-state index is -0.429. The zero-order chi connectivity index (χ0) is 9.97. The summed E-state index contributed by atoms with van der Waals surface area (Å²) in [6, 6.07) is 6.93. The van der Waals surface area contributed by atoms with E-state index in [1.807, 2.05) is 6.07 Å². The first-order chi connectivity index (χ1) is 6.75. The van der Waals surface area contributed by atoms with Crippen molar-refractivity contribution in [2.75, 3.05) is 13.1 Å². The van der Waals surface area contributed by atoms with Crippen molar-refractivity contribution in [3.8, 4) is 5.75 Å². The monoisotopic (exact) mass is 192 g/mol. The summed E-state index contributed by atoms with van der Waals surface area (Å²) < 4.78 is 5.57. The van der Waals surface area contributed by atoms with Gasteiger partial charge in [-0.15, -0.1) is 0 Å². The molecule has 3 N–H and O–H groups in total. The fraction of sp³-hybridized carbons (Fsp3) is 0.300. The summed E-state index contributed by atoms with van der Waals surface area (Å²) in [6.45, 7) is 1.72. The maximum Gasteiger partial charge on any atom is 0.248 e. The third-order valence-corrected chi connectivity index (χ3v) is 2.17. The molecule has 74 valence electrons. The van der Waals surface area contributed by atoms with Crippen molar-refractivity contribution in [1.29, 1.82) is 0 Å². The van der Waals surface area contributed by atoms with Crippen LogP contribution >= 0.6 is 0 Å². The van der Waals surface area contributed by atoms with Gasteiger partial charge in [0.15, 0.2) is 0 Å². The van der Waals surface area contributed by atoms with E-state index in [0.717, 1.165) is 13.1 Å². The van der Waals surface area contributed by atoms with Crippen molar-refractivity contribution in [2.45, 2.75) is 6.10 Å². The Kier molecular flexibility index (Phi) is 2.37. The average molecular weight is 192 g/mol. The van der Waals surface area contributed by atoms with Crippen LogP contribution in [0.4, 0.5) is 0 Å². The lowest BCUT2D eigenvalue weighted by Crippen LogP contribution is -2.50. The smallest absolute Gasteiger partial charge is 0.248 e. The Morgan fingerprint density at radius 2 is 2.29 bits per heavy atom. The summed E-state index contributed by atoms with van der Waals surface area (Å²) in [5, 5.41) is 3.10. The van der Waals surface area contributed by atoms with Crippen LogP contribution in [0.2, 0.25) is 0 Å². The molecule has 0 saturated carbocycles. The second kappa shape index (κ2) is 3.67. The van der Waals surface area contributed by atoms with Crippen LogP contribution < -0.4 is 15.8 Å². The van der Waals surface area contributed by atoms with E-state index < -0.39 is 5.91 Å². The van der Waals surface area contributed by atoms with Gasteiger partial charge in [0.2, 0.25) is 5.91 Å². The Bertz CT molecular complexity index is 348. The van der Waals surface area contributed by atoms with E-state index in [-0.39, 0.29) is 6.10 Å². The van der Waals surface area contributed by atoms with Gasteiger partial charge in [0.25, 0.3) is 0 Å². The molecule has 2 rings (SSSR count). The van der Waals surface area contributed by atoms with E-state index in [0.29, 0.717) is 11.3 Å². The summed E-state index contributed by atoms with van der Waals surface area (Å²) in [5.74, 6) is 0.273. The molecule has 1 aliphatic rings. The van der Waals surface area contributed by atoms with E-state index >= 15 is 0 Å². The Hall–Kier alpha value is -1.55. The molecule has 0 aliphatic carbocycles. The van der Waals surface area contributed by atoms with E-state index in [9.17, 15) is 4.79 Å². The van der Waals surface area contributed by atoms with Gasteiger partial charge in [0.1, 0.15) is 11.9 Å². The molecule has 1 amide bonds. The number of carbonyl (C=O) groups excluding carboxylic acids is 1. The molecule has 1 fully saturated rings. The SMILES string of the molecule is NC(=O)c1cccc(OC2CNC2)c1. The first-order valence-electron chi connectivity index (χ1n) is 4.53. The van der Waals surface area contributed by atoms with Crippen LogP contribution in [0, 0.1) is 0 Å². The topological polar surface area (TPSA) is 64.4 Å². The van der Waals surface area contributed by atoms with Crippen molar-refractivity contribution < 1.29 is 9.53 Å². The number of benzene rings is 1. The summed E-state index contributed by atoms with van der Waals surface area (Å²) in [4.78, 5) is 10.9. The lowest BCUT2D eigenvalue weighted by Gasteiger charge is -2.27. The molecule has 0 bridgehead atoms. The Morgan fingerprint density at radius 3 is 2.86 bits per heavy atom. The fourth-order valence-electron chi connectivity index (χ4n) is 1.26. The Morgan fingerprint density at radius 1 is 1.50 bits per heavy atom. The first kappa shape index (κ1) is 9.02. The van der Waals surface area contributed by atoms with Gasteiger partial charge in [0, 0.05) is 18.7 Å². The molecule has 14 heavy (non-hydrogen) atoms. The Labute approximate surface area is 82.1 Å². The third-order valence-electron chi connectivity index (χ3n) is 2.17. The molecule has 1 heterocycles. The van der Waals surface area contributed by atoms with Gasteiger partial charge in [0.05, 0.1) is 0 Å².